The molecular formula is C19H16N2O3. The number of nitrogens with zero attached hydrogens (tertiary/aromatic N) is 1. The van der Waals surface area contributed by atoms with Crippen molar-refractivity contribution < 1.29 is 14.3 Å². The van der Waals surface area contributed by atoms with E-state index in [1.165, 1.54) is 0 Å². The van der Waals surface area contributed by atoms with Crippen LogP contribution in [0.2, 0.25) is 0 Å². The maximum atomic E-state index is 12.6. The molecule has 0 unspecified atom stereocenters. The van der Waals surface area contributed by atoms with Gasteiger partial charge in [-0.05, 0) is 31.2 Å². The van der Waals surface area contributed by atoms with Crippen molar-refractivity contribution in [3.8, 4) is 11.5 Å². The van der Waals surface area contributed by atoms with Crippen LogP contribution < -0.4 is 14.8 Å². The molecule has 0 spiro atoms. The smallest absolute Gasteiger partial charge is 0.269 e. The number of hydrogen-bond donors (Lipinski definition) is 1. The number of pyridine rings is 1. The Balaban J connectivity index is 1.55. The van der Waals surface area contributed by atoms with Gasteiger partial charge >= 0.3 is 0 Å². The van der Waals surface area contributed by atoms with E-state index < -0.39 is 6.10 Å². The van der Waals surface area contributed by atoms with Crippen LogP contribution in [0, 0.1) is 0 Å². The number of rotatable bonds is 2. The molecule has 0 aliphatic carbocycles. The Labute approximate surface area is 139 Å². The summed E-state index contributed by atoms with van der Waals surface area (Å²) in [6.07, 6.45) is 0.544. The number of carbonyl (C=O) groups is 1. The second-order valence-electron chi connectivity index (χ2n) is 5.71. The van der Waals surface area contributed by atoms with Crippen molar-refractivity contribution in [2.24, 2.45) is 0 Å². The largest absolute Gasteiger partial charge is 0.482 e. The Morgan fingerprint density at radius 1 is 1.04 bits per heavy atom. The van der Waals surface area contributed by atoms with Gasteiger partial charge in [0.25, 0.3) is 5.91 Å². The number of para-hydroxylation sites is 3. The minimum Gasteiger partial charge on any atom is -0.482 e. The molecule has 4 rings (SSSR count). The van der Waals surface area contributed by atoms with Crippen LogP contribution in [0.1, 0.15) is 6.92 Å². The molecule has 1 N–H and O–H groups in total. The molecule has 3 aromatic rings. The first kappa shape index (κ1) is 14.5. The Bertz CT molecular complexity index is 910. The maximum absolute atomic E-state index is 12.6. The first-order valence-corrected chi connectivity index (χ1v) is 7.79. The van der Waals surface area contributed by atoms with Gasteiger partial charge in [-0.3, -0.25) is 9.78 Å². The SMILES string of the molecule is C[C@@H]1Oc2ccccc2O[C@@H]1C(=O)Nc1cnc2ccccc2c1. The fourth-order valence-electron chi connectivity index (χ4n) is 2.76. The molecule has 0 saturated heterocycles. The van der Waals surface area contributed by atoms with Crippen molar-refractivity contribution in [1.82, 2.24) is 4.98 Å². The average molecular weight is 320 g/mol. The second-order valence-corrected chi connectivity index (χ2v) is 5.71. The molecule has 1 aliphatic rings. The number of ether oxygens (including phenoxy) is 2. The summed E-state index contributed by atoms with van der Waals surface area (Å²) in [5.74, 6) is 0.975. The van der Waals surface area contributed by atoms with Gasteiger partial charge in [-0.1, -0.05) is 30.3 Å². The van der Waals surface area contributed by atoms with E-state index in [0.29, 0.717) is 17.2 Å². The lowest BCUT2D eigenvalue weighted by atomic mass is 10.1. The third kappa shape index (κ3) is 2.65. The average Bonchev–Trinajstić information content (AvgIpc) is 2.61. The first-order valence-electron chi connectivity index (χ1n) is 7.79. The number of fused-ring (bicyclic) bond motifs is 2. The van der Waals surface area contributed by atoms with Gasteiger partial charge in [0, 0.05) is 5.39 Å². The van der Waals surface area contributed by atoms with E-state index in [1.807, 2.05) is 55.5 Å². The van der Waals surface area contributed by atoms with E-state index in [9.17, 15) is 4.79 Å². The topological polar surface area (TPSA) is 60.5 Å². The molecule has 24 heavy (non-hydrogen) atoms. The maximum Gasteiger partial charge on any atom is 0.269 e. The highest BCUT2D eigenvalue weighted by molar-refractivity contribution is 5.96. The van der Waals surface area contributed by atoms with Crippen LogP contribution in [0.5, 0.6) is 11.5 Å². The summed E-state index contributed by atoms with van der Waals surface area (Å²) in [5.41, 5.74) is 1.52. The number of anilines is 1. The van der Waals surface area contributed by atoms with Gasteiger partial charge in [0.05, 0.1) is 17.4 Å². The highest BCUT2D eigenvalue weighted by Gasteiger charge is 2.34. The van der Waals surface area contributed by atoms with Gasteiger partial charge in [0.15, 0.2) is 11.5 Å². The zero-order valence-corrected chi connectivity index (χ0v) is 13.1. The standard InChI is InChI=1S/C19H16N2O3/c1-12-18(24-17-9-5-4-8-16(17)23-12)19(22)21-14-10-13-6-2-3-7-15(13)20-11-14/h2-12,18H,1H3,(H,21,22)/t12-,18-/m0/s1. The molecule has 1 amide bonds. The summed E-state index contributed by atoms with van der Waals surface area (Å²) in [4.78, 5) is 16.9. The molecule has 2 aromatic carbocycles. The van der Waals surface area contributed by atoms with E-state index in [1.54, 1.807) is 12.3 Å². The summed E-state index contributed by atoms with van der Waals surface area (Å²) >= 11 is 0. The first-order chi connectivity index (χ1) is 11.7. The number of carbonyl (C=O) groups excluding carboxylic acids is 1. The number of amides is 1. The van der Waals surface area contributed by atoms with Crippen molar-refractivity contribution in [1.29, 1.82) is 0 Å². The molecule has 0 saturated carbocycles. The van der Waals surface area contributed by atoms with Gasteiger partial charge < -0.3 is 14.8 Å². The van der Waals surface area contributed by atoms with Gasteiger partial charge in [0.1, 0.15) is 6.10 Å². The zero-order valence-electron chi connectivity index (χ0n) is 13.1. The monoisotopic (exact) mass is 320 g/mol. The molecular weight excluding hydrogens is 304 g/mol. The summed E-state index contributed by atoms with van der Waals surface area (Å²) in [6.45, 7) is 1.82. The highest BCUT2D eigenvalue weighted by Crippen LogP contribution is 2.33. The van der Waals surface area contributed by atoms with E-state index in [4.69, 9.17) is 9.47 Å². The van der Waals surface area contributed by atoms with E-state index in [-0.39, 0.29) is 12.0 Å². The predicted molar refractivity (Wildman–Crippen MR) is 91.3 cm³/mol. The molecule has 1 aliphatic heterocycles. The lowest BCUT2D eigenvalue weighted by molar-refractivity contribution is -0.128. The minimum atomic E-state index is -0.716. The van der Waals surface area contributed by atoms with Gasteiger partial charge in [0.2, 0.25) is 6.10 Å². The van der Waals surface area contributed by atoms with E-state index in [0.717, 1.165) is 10.9 Å². The van der Waals surface area contributed by atoms with Gasteiger partial charge in [-0.25, -0.2) is 0 Å². The molecule has 2 heterocycles. The van der Waals surface area contributed by atoms with Crippen LogP contribution in [-0.2, 0) is 4.79 Å². The molecule has 5 heteroatoms. The van der Waals surface area contributed by atoms with Crippen LogP contribution in [0.4, 0.5) is 5.69 Å². The summed E-state index contributed by atoms with van der Waals surface area (Å²) < 4.78 is 11.6. The third-order valence-corrected chi connectivity index (χ3v) is 3.96. The minimum absolute atomic E-state index is 0.255. The van der Waals surface area contributed by atoms with Gasteiger partial charge in [-0.15, -0.1) is 0 Å². The van der Waals surface area contributed by atoms with Crippen LogP contribution in [0.25, 0.3) is 10.9 Å². The Morgan fingerprint density at radius 2 is 1.75 bits per heavy atom. The molecule has 5 nitrogen and oxygen atoms in total. The van der Waals surface area contributed by atoms with Gasteiger partial charge in [-0.2, -0.15) is 0 Å². The number of benzene rings is 2. The molecule has 120 valence electrons. The molecule has 0 bridgehead atoms. The summed E-state index contributed by atoms with van der Waals surface area (Å²) in [7, 11) is 0. The zero-order chi connectivity index (χ0) is 16.5. The quantitative estimate of drug-likeness (QED) is 0.786. The van der Waals surface area contributed by atoms with Crippen LogP contribution >= 0.6 is 0 Å². The fraction of sp³-hybridized carbons (Fsp3) is 0.158. The Kier molecular flexibility index (Phi) is 3.54. The molecule has 2 atom stereocenters. The number of hydrogen-bond acceptors (Lipinski definition) is 4. The van der Waals surface area contributed by atoms with E-state index >= 15 is 0 Å². The third-order valence-electron chi connectivity index (χ3n) is 3.96. The second kappa shape index (κ2) is 5.85. The highest BCUT2D eigenvalue weighted by atomic mass is 16.6. The van der Waals surface area contributed by atoms with Crippen molar-refractivity contribution in [2.45, 2.75) is 19.1 Å². The van der Waals surface area contributed by atoms with Crippen molar-refractivity contribution in [3.05, 3.63) is 60.8 Å². The van der Waals surface area contributed by atoms with Crippen LogP contribution in [-0.4, -0.2) is 23.1 Å². The van der Waals surface area contributed by atoms with Crippen LogP contribution in [0.15, 0.2) is 60.8 Å². The Hall–Kier alpha value is -3.08. The summed E-state index contributed by atoms with van der Waals surface area (Å²) in [5, 5.41) is 3.83. The van der Waals surface area contributed by atoms with Crippen molar-refractivity contribution in [2.75, 3.05) is 5.32 Å². The molecule has 0 fully saturated rings. The summed E-state index contributed by atoms with van der Waals surface area (Å²) in [6, 6.07) is 17.0. The fourth-order valence-corrected chi connectivity index (χ4v) is 2.76. The number of nitrogens with one attached hydrogen (secondary N) is 1. The lowest BCUT2D eigenvalue weighted by Crippen LogP contribution is -2.46. The predicted octanol–water partition coefficient (Wildman–Crippen LogP) is 3.40. The van der Waals surface area contributed by atoms with Crippen molar-refractivity contribution >= 4 is 22.5 Å². The van der Waals surface area contributed by atoms with Crippen molar-refractivity contribution in [3.63, 3.8) is 0 Å². The normalized spacial score (nSPS) is 19.0. The lowest BCUT2D eigenvalue weighted by Gasteiger charge is -2.30. The van der Waals surface area contributed by atoms with E-state index in [2.05, 4.69) is 10.3 Å². The number of aromatic nitrogens is 1. The Morgan fingerprint density at radius 3 is 2.58 bits per heavy atom. The molecule has 1 aromatic heterocycles. The molecule has 0 radical (unpaired) electrons. The van der Waals surface area contributed by atoms with Crippen LogP contribution in [0.3, 0.4) is 0 Å².